The number of nitrogens with one attached hydrogen (secondary N) is 1. The molecular formula is C18H20N2O4S. The van der Waals surface area contributed by atoms with Crippen molar-refractivity contribution in [3.05, 3.63) is 39.4 Å². The number of ether oxygens (including phenoxy) is 1. The fourth-order valence-corrected chi connectivity index (χ4v) is 3.66. The van der Waals surface area contributed by atoms with Gasteiger partial charge in [0, 0.05) is 4.88 Å². The number of aromatic hydroxyl groups is 1. The molecule has 0 unspecified atom stereocenters. The standard InChI is InChI=1S/C18H20N2O4S/c1-10-11(2)25-18(19-10)20-16(22)9-24-17(23)14-7-12-5-3-4-6-13(12)8-15(14)21/h7-8,21H,3-6,9H2,1-2H3,(H,19,20,22). The first-order chi connectivity index (χ1) is 11.9. The van der Waals surface area contributed by atoms with Gasteiger partial charge in [0.1, 0.15) is 11.3 Å². The molecule has 0 atom stereocenters. The van der Waals surface area contributed by atoms with E-state index in [2.05, 4.69) is 10.3 Å². The number of phenolic OH excluding ortho intramolecular Hbond substituents is 1. The van der Waals surface area contributed by atoms with Crippen molar-refractivity contribution in [3.63, 3.8) is 0 Å². The van der Waals surface area contributed by atoms with Crippen LogP contribution in [0.5, 0.6) is 5.75 Å². The van der Waals surface area contributed by atoms with E-state index in [0.29, 0.717) is 5.13 Å². The predicted octanol–water partition coefficient (Wildman–Crippen LogP) is 3.14. The molecule has 1 heterocycles. The molecule has 2 N–H and O–H groups in total. The third kappa shape index (κ3) is 3.99. The number of hydrogen-bond donors (Lipinski definition) is 2. The van der Waals surface area contributed by atoms with Gasteiger partial charge in [-0.1, -0.05) is 0 Å². The maximum absolute atomic E-state index is 12.2. The summed E-state index contributed by atoms with van der Waals surface area (Å²) in [5.41, 5.74) is 3.10. The van der Waals surface area contributed by atoms with E-state index in [-0.39, 0.29) is 11.3 Å². The first-order valence-corrected chi connectivity index (χ1v) is 9.01. The number of benzene rings is 1. The normalized spacial score (nSPS) is 13.2. The van der Waals surface area contributed by atoms with Crippen LogP contribution in [0.1, 0.15) is 44.9 Å². The molecule has 0 fully saturated rings. The fourth-order valence-electron chi connectivity index (χ4n) is 2.83. The predicted molar refractivity (Wildman–Crippen MR) is 95.2 cm³/mol. The lowest BCUT2D eigenvalue weighted by Gasteiger charge is -2.17. The highest BCUT2D eigenvalue weighted by atomic mass is 32.1. The molecule has 0 spiro atoms. The van der Waals surface area contributed by atoms with Crippen LogP contribution in [0, 0.1) is 13.8 Å². The lowest BCUT2D eigenvalue weighted by Crippen LogP contribution is -2.21. The third-order valence-electron chi connectivity index (χ3n) is 4.29. The molecule has 1 aliphatic rings. The van der Waals surface area contributed by atoms with E-state index < -0.39 is 18.5 Å². The average Bonchev–Trinajstić information content (AvgIpc) is 2.89. The highest BCUT2D eigenvalue weighted by molar-refractivity contribution is 7.15. The van der Waals surface area contributed by atoms with E-state index in [1.165, 1.54) is 11.3 Å². The van der Waals surface area contributed by atoms with Gasteiger partial charge in [0.15, 0.2) is 11.7 Å². The van der Waals surface area contributed by atoms with Crippen LogP contribution in [-0.2, 0) is 22.4 Å². The molecule has 0 radical (unpaired) electrons. The van der Waals surface area contributed by atoms with E-state index in [1.54, 1.807) is 12.1 Å². The van der Waals surface area contributed by atoms with Gasteiger partial charge in [-0.3, -0.25) is 10.1 Å². The second-order valence-corrected chi connectivity index (χ2v) is 7.33. The van der Waals surface area contributed by atoms with Crippen LogP contribution in [0.25, 0.3) is 0 Å². The second-order valence-electron chi connectivity index (χ2n) is 6.13. The first-order valence-electron chi connectivity index (χ1n) is 8.20. The summed E-state index contributed by atoms with van der Waals surface area (Å²) in [5, 5.41) is 13.1. The average molecular weight is 360 g/mol. The number of amides is 1. The van der Waals surface area contributed by atoms with Crippen molar-refractivity contribution in [1.82, 2.24) is 4.98 Å². The molecule has 0 saturated carbocycles. The van der Waals surface area contributed by atoms with Crippen molar-refractivity contribution in [2.45, 2.75) is 39.5 Å². The molecule has 0 saturated heterocycles. The summed E-state index contributed by atoms with van der Waals surface area (Å²) in [5.74, 6) is -1.26. The molecule has 1 aliphatic carbocycles. The van der Waals surface area contributed by atoms with Gasteiger partial charge in [0.2, 0.25) is 0 Å². The number of carbonyl (C=O) groups is 2. The number of phenols is 1. The quantitative estimate of drug-likeness (QED) is 0.818. The summed E-state index contributed by atoms with van der Waals surface area (Å²) in [6.07, 6.45) is 3.96. The molecule has 2 aromatic rings. The molecule has 1 aromatic carbocycles. The Hall–Kier alpha value is -2.41. The number of aryl methyl sites for hydroxylation is 4. The van der Waals surface area contributed by atoms with Crippen molar-refractivity contribution in [3.8, 4) is 5.75 Å². The highest BCUT2D eigenvalue weighted by Gasteiger charge is 2.19. The summed E-state index contributed by atoms with van der Waals surface area (Å²) in [4.78, 5) is 29.3. The van der Waals surface area contributed by atoms with Gasteiger partial charge in [-0.25, -0.2) is 9.78 Å². The molecular weight excluding hydrogens is 340 g/mol. The summed E-state index contributed by atoms with van der Waals surface area (Å²) < 4.78 is 5.04. The Kier molecular flexibility index (Phi) is 5.03. The van der Waals surface area contributed by atoms with Crippen LogP contribution in [0.4, 0.5) is 5.13 Å². The lowest BCUT2D eigenvalue weighted by atomic mass is 9.90. The number of rotatable bonds is 4. The third-order valence-corrected chi connectivity index (χ3v) is 5.28. The molecule has 0 aliphatic heterocycles. The van der Waals surface area contributed by atoms with Gasteiger partial charge in [0.05, 0.1) is 5.69 Å². The Labute approximate surface area is 149 Å². The molecule has 25 heavy (non-hydrogen) atoms. The highest BCUT2D eigenvalue weighted by Crippen LogP contribution is 2.29. The Morgan fingerprint density at radius 2 is 1.92 bits per heavy atom. The molecule has 1 aromatic heterocycles. The number of hydrogen-bond acceptors (Lipinski definition) is 6. The molecule has 3 rings (SSSR count). The smallest absolute Gasteiger partial charge is 0.342 e. The number of thiazole rings is 1. The minimum absolute atomic E-state index is 0.0998. The maximum Gasteiger partial charge on any atom is 0.342 e. The molecule has 0 bridgehead atoms. The Balaban J connectivity index is 1.61. The minimum Gasteiger partial charge on any atom is -0.507 e. The largest absolute Gasteiger partial charge is 0.507 e. The zero-order valence-electron chi connectivity index (χ0n) is 14.2. The summed E-state index contributed by atoms with van der Waals surface area (Å²) in [7, 11) is 0. The second kappa shape index (κ2) is 7.23. The number of aromatic nitrogens is 1. The van der Waals surface area contributed by atoms with Crippen molar-refractivity contribution < 1.29 is 19.4 Å². The van der Waals surface area contributed by atoms with E-state index in [0.717, 1.165) is 47.4 Å². The summed E-state index contributed by atoms with van der Waals surface area (Å²) >= 11 is 1.37. The Bertz CT molecular complexity index is 809. The van der Waals surface area contributed by atoms with Crippen LogP contribution < -0.4 is 5.32 Å². The minimum atomic E-state index is -0.701. The zero-order valence-corrected chi connectivity index (χ0v) is 15.0. The Morgan fingerprint density at radius 1 is 1.24 bits per heavy atom. The number of esters is 1. The van der Waals surface area contributed by atoms with E-state index >= 15 is 0 Å². The monoisotopic (exact) mass is 360 g/mol. The molecule has 132 valence electrons. The van der Waals surface area contributed by atoms with Crippen LogP contribution in [0.3, 0.4) is 0 Å². The molecule has 7 heteroatoms. The summed E-state index contributed by atoms with van der Waals surface area (Å²) in [6.45, 7) is 3.36. The van der Waals surface area contributed by atoms with Gasteiger partial charge >= 0.3 is 5.97 Å². The van der Waals surface area contributed by atoms with Crippen molar-refractivity contribution in [1.29, 1.82) is 0 Å². The number of nitrogens with zero attached hydrogens (tertiary/aromatic N) is 1. The van der Waals surface area contributed by atoms with Gasteiger partial charge in [-0.05, 0) is 62.8 Å². The van der Waals surface area contributed by atoms with Gasteiger partial charge in [0.25, 0.3) is 5.91 Å². The molecule has 6 nitrogen and oxygen atoms in total. The number of carbonyl (C=O) groups excluding carboxylic acids is 2. The van der Waals surface area contributed by atoms with E-state index in [9.17, 15) is 14.7 Å². The molecule has 1 amide bonds. The topological polar surface area (TPSA) is 88.5 Å². The van der Waals surface area contributed by atoms with Crippen LogP contribution in [0.2, 0.25) is 0 Å². The summed E-state index contributed by atoms with van der Waals surface area (Å²) in [6, 6.07) is 3.31. The van der Waals surface area contributed by atoms with Gasteiger partial charge < -0.3 is 9.84 Å². The van der Waals surface area contributed by atoms with Gasteiger partial charge in [-0.15, -0.1) is 11.3 Å². The van der Waals surface area contributed by atoms with E-state index in [4.69, 9.17) is 4.74 Å². The zero-order chi connectivity index (χ0) is 18.0. The van der Waals surface area contributed by atoms with Gasteiger partial charge in [-0.2, -0.15) is 0 Å². The van der Waals surface area contributed by atoms with E-state index in [1.807, 2.05) is 13.8 Å². The maximum atomic E-state index is 12.2. The fraction of sp³-hybridized carbons (Fsp3) is 0.389. The number of fused-ring (bicyclic) bond motifs is 1. The van der Waals surface area contributed by atoms with Crippen LogP contribution in [0.15, 0.2) is 12.1 Å². The van der Waals surface area contributed by atoms with Crippen molar-refractivity contribution in [2.75, 3.05) is 11.9 Å². The Morgan fingerprint density at radius 3 is 2.56 bits per heavy atom. The van der Waals surface area contributed by atoms with Crippen LogP contribution >= 0.6 is 11.3 Å². The SMILES string of the molecule is Cc1nc(NC(=O)COC(=O)c2cc3c(cc2O)CCCC3)sc1C. The first kappa shape index (κ1) is 17.4. The van der Waals surface area contributed by atoms with Crippen molar-refractivity contribution >= 4 is 28.3 Å². The number of anilines is 1. The van der Waals surface area contributed by atoms with Crippen LogP contribution in [-0.4, -0.2) is 28.6 Å². The lowest BCUT2D eigenvalue weighted by molar-refractivity contribution is -0.119. The van der Waals surface area contributed by atoms with Crippen molar-refractivity contribution in [2.24, 2.45) is 0 Å².